The molecule has 7 rings (SSSR count). The van der Waals surface area contributed by atoms with Crippen LogP contribution in [-0.4, -0.2) is 88.9 Å². The normalized spacial score (nSPS) is 11.5. The second kappa shape index (κ2) is 34.2. The van der Waals surface area contributed by atoms with Crippen LogP contribution in [0.5, 0.6) is 0 Å². The fourth-order valence-corrected chi connectivity index (χ4v) is 6.06. The monoisotopic (exact) mass is 1070 g/mol. The van der Waals surface area contributed by atoms with Gasteiger partial charge in [-0.05, 0) is 149 Å². The van der Waals surface area contributed by atoms with Crippen LogP contribution in [0, 0.1) is 0 Å². The Bertz CT molecular complexity index is 1910. The van der Waals surface area contributed by atoms with E-state index in [2.05, 4.69) is 276 Å². The lowest BCUT2D eigenvalue weighted by Crippen LogP contribution is -2.05. The van der Waals surface area contributed by atoms with Gasteiger partial charge in [0.25, 0.3) is 0 Å². The minimum atomic E-state index is 0.301. The number of aromatic nitrogens is 18. The maximum absolute atomic E-state index is 4.31. The molecule has 0 bridgehead atoms. The number of nitrogens with zero attached hydrogens (tertiary/aromatic N) is 18. The van der Waals surface area contributed by atoms with Gasteiger partial charge in [0.05, 0.1) is 47.9 Å². The third-order valence-corrected chi connectivity index (χ3v) is 11.8. The second-order valence-electron chi connectivity index (χ2n) is 23.9. The van der Waals surface area contributed by atoms with Crippen LogP contribution in [0.1, 0.15) is 317 Å². The summed E-state index contributed by atoms with van der Waals surface area (Å²) in [5, 5.41) is 37.1. The van der Waals surface area contributed by atoms with Gasteiger partial charge >= 0.3 is 0 Å². The first-order valence-electron chi connectivity index (χ1n) is 28.6. The van der Waals surface area contributed by atoms with Crippen molar-refractivity contribution < 1.29 is 0 Å². The Morgan fingerprint density at radius 2 is 0.857 bits per heavy atom. The summed E-state index contributed by atoms with van der Waals surface area (Å²) in [6.45, 7) is 59.5. The summed E-state index contributed by atoms with van der Waals surface area (Å²) < 4.78 is 10.1. The van der Waals surface area contributed by atoms with Crippen LogP contribution >= 0.6 is 0 Å². The largest absolute Gasteiger partial charge is 0.352 e. The Labute approximate surface area is 466 Å². The van der Waals surface area contributed by atoms with Gasteiger partial charge < -0.3 is 9.13 Å². The Hall–Kier alpha value is -5.81. The van der Waals surface area contributed by atoms with Crippen molar-refractivity contribution in [2.45, 2.75) is 278 Å². The third kappa shape index (κ3) is 25.5. The van der Waals surface area contributed by atoms with Gasteiger partial charge in [0, 0.05) is 73.0 Å². The average molecular weight is 1070 g/mol. The molecule has 77 heavy (non-hydrogen) atoms. The highest BCUT2D eigenvalue weighted by Gasteiger charge is 2.11. The van der Waals surface area contributed by atoms with E-state index in [1.165, 1.54) is 16.8 Å². The van der Waals surface area contributed by atoms with Crippen molar-refractivity contribution in [3.05, 3.63) is 102 Å². The molecule has 7 heterocycles. The highest BCUT2D eigenvalue weighted by Crippen LogP contribution is 2.18. The number of rotatable bonds is 14. The Morgan fingerprint density at radius 1 is 0.325 bits per heavy atom. The fourth-order valence-electron chi connectivity index (χ4n) is 6.06. The third-order valence-electron chi connectivity index (χ3n) is 11.8. The molecule has 0 aromatic carbocycles. The molecule has 0 aliphatic carbocycles. The van der Waals surface area contributed by atoms with Crippen LogP contribution in [0.15, 0.2) is 62.1 Å². The van der Waals surface area contributed by atoms with Gasteiger partial charge in [0.2, 0.25) is 0 Å². The van der Waals surface area contributed by atoms with Crippen molar-refractivity contribution in [1.82, 2.24) is 88.9 Å². The minimum Gasteiger partial charge on any atom is -0.352 e. The Kier molecular flexibility index (Phi) is 30.7. The highest BCUT2D eigenvalue weighted by molar-refractivity contribution is 5.14. The van der Waals surface area contributed by atoms with Gasteiger partial charge in [0.1, 0.15) is 6.33 Å². The second-order valence-corrected chi connectivity index (χ2v) is 23.9. The van der Waals surface area contributed by atoms with Crippen LogP contribution in [-0.2, 0) is 0 Å². The summed E-state index contributed by atoms with van der Waals surface area (Å²) in [7, 11) is 0. The van der Waals surface area contributed by atoms with Crippen molar-refractivity contribution in [2.24, 2.45) is 0 Å². The van der Waals surface area contributed by atoms with E-state index in [0.717, 1.165) is 23.0 Å². The van der Waals surface area contributed by atoms with Gasteiger partial charge in [-0.2, -0.15) is 30.0 Å². The molecule has 18 heteroatoms. The molecule has 7 aromatic heterocycles. The van der Waals surface area contributed by atoms with Crippen molar-refractivity contribution in [2.75, 3.05) is 0 Å². The lowest BCUT2D eigenvalue weighted by molar-refractivity contribution is 0.452. The number of hydrogen-bond acceptors (Lipinski definition) is 11. The van der Waals surface area contributed by atoms with Gasteiger partial charge in [-0.1, -0.05) is 102 Å². The van der Waals surface area contributed by atoms with E-state index < -0.39 is 0 Å². The van der Waals surface area contributed by atoms with Crippen LogP contribution in [0.2, 0.25) is 0 Å². The molecular weight excluding hydrogens is 961 g/mol. The maximum Gasteiger partial charge on any atom is 0.177 e. The first-order chi connectivity index (χ1) is 35.8. The lowest BCUT2D eigenvalue weighted by atomic mass is 10.1. The van der Waals surface area contributed by atoms with E-state index in [9.17, 15) is 0 Å². The van der Waals surface area contributed by atoms with Crippen LogP contribution in [0.25, 0.3) is 0 Å². The molecule has 0 saturated heterocycles. The smallest absolute Gasteiger partial charge is 0.177 e. The van der Waals surface area contributed by atoms with Crippen molar-refractivity contribution in [3.63, 3.8) is 0 Å². The topological polar surface area (TPSA) is 176 Å². The van der Waals surface area contributed by atoms with Gasteiger partial charge in [-0.25, -0.2) is 14.6 Å². The van der Waals surface area contributed by atoms with Crippen molar-refractivity contribution in [3.8, 4) is 0 Å². The highest BCUT2D eigenvalue weighted by atomic mass is 15.6. The van der Waals surface area contributed by atoms with Crippen LogP contribution in [0.3, 0.4) is 0 Å². The van der Waals surface area contributed by atoms with Gasteiger partial charge in [-0.3, -0.25) is 9.36 Å². The molecule has 0 fully saturated rings. The molecular formula is C59H108N18. The summed E-state index contributed by atoms with van der Waals surface area (Å²) in [4.78, 5) is 11.9. The first-order valence-corrected chi connectivity index (χ1v) is 28.6. The lowest BCUT2D eigenvalue weighted by Gasteiger charge is -2.06. The van der Waals surface area contributed by atoms with Gasteiger partial charge in [-0.15, -0.1) is 15.3 Å². The molecule has 0 spiro atoms. The zero-order chi connectivity index (χ0) is 59.0. The minimum absolute atomic E-state index is 0.301. The van der Waals surface area contributed by atoms with E-state index in [1.807, 2.05) is 52.8 Å². The van der Waals surface area contributed by atoms with E-state index in [0.29, 0.717) is 83.7 Å². The zero-order valence-electron chi connectivity index (χ0n) is 53.4. The number of tetrazole rings is 1. The SMILES string of the molecule is CC(C)c1ccn(C(C)C)c1.CC(C)c1cn(C(C)C)cn1.CC(C)c1cn(C(C)C)nn1.CC(C)c1cnn(C(C)C)c1.CC(C)c1cnn(C(C)C)n1.CC(C)c1ncn(C(C)C)n1.CC(C)c1nnn(C(C)C)n1. The van der Waals surface area contributed by atoms with E-state index in [-0.39, 0.29) is 0 Å². The van der Waals surface area contributed by atoms with Crippen molar-refractivity contribution in [1.29, 1.82) is 0 Å². The molecule has 0 saturated carbocycles. The molecule has 0 N–H and O–H groups in total. The molecule has 0 amide bonds. The molecule has 434 valence electrons. The molecule has 0 unspecified atom stereocenters. The standard InChI is InChI=1S/C10H17N.2C9H16N2.3C8H15N3.C7H14N4/c1-8(2)10-5-6-11(7-10)9(3)4;1-7(2)9-5-11(6-10-9)8(3)4;1-7(2)9-5-10-11(6-9)8(3)4;1-6(2)8-9-5-11(10-8)7(3)4;1-6(2)8-5-11(7(3)4)10-9-8;1-6(2)8-5-9-11(10-8)7(3)4;1-5(2)7-8-10-11(9-7)6(3)4/h5-9H,1-4H3;2*5-8H,1-4H3;3*5-7H,1-4H3;5-6H,1-4H3. The summed E-state index contributed by atoms with van der Waals surface area (Å²) in [6.07, 6.45) is 18.1. The fraction of sp³-hybridized carbons (Fsp3) is 0.712. The number of hydrogen-bond donors (Lipinski definition) is 0. The molecule has 18 nitrogen and oxygen atoms in total. The van der Waals surface area contributed by atoms with E-state index in [1.54, 1.807) is 15.9 Å². The summed E-state index contributed by atoms with van der Waals surface area (Å²) in [5.41, 5.74) is 6.06. The summed E-state index contributed by atoms with van der Waals surface area (Å²) >= 11 is 0. The molecule has 0 aliphatic heterocycles. The molecule has 0 atom stereocenters. The maximum atomic E-state index is 4.31. The predicted molar refractivity (Wildman–Crippen MR) is 318 cm³/mol. The summed E-state index contributed by atoms with van der Waals surface area (Å²) in [6, 6.07) is 5.27. The zero-order valence-corrected chi connectivity index (χ0v) is 53.4. The average Bonchev–Trinajstić information content (AvgIpc) is 4.20. The van der Waals surface area contributed by atoms with Gasteiger partial charge in [0.15, 0.2) is 11.6 Å². The first kappa shape index (κ1) is 69.2. The quantitative estimate of drug-likeness (QED) is 0.101. The molecule has 0 aliphatic rings. The van der Waals surface area contributed by atoms with Crippen LogP contribution < -0.4 is 0 Å². The Morgan fingerprint density at radius 3 is 1.13 bits per heavy atom. The van der Waals surface area contributed by atoms with Crippen LogP contribution in [0.4, 0.5) is 0 Å². The van der Waals surface area contributed by atoms with E-state index >= 15 is 0 Å². The number of imidazole rings is 1. The molecule has 0 radical (unpaired) electrons. The summed E-state index contributed by atoms with van der Waals surface area (Å²) in [5.74, 6) is 5.26. The van der Waals surface area contributed by atoms with Crippen molar-refractivity contribution >= 4 is 0 Å². The van der Waals surface area contributed by atoms with E-state index in [4.69, 9.17) is 0 Å². The Balaban J connectivity index is 0.000000449. The predicted octanol–water partition coefficient (Wildman–Crippen LogP) is 15.7. The molecule has 7 aromatic rings.